The normalized spacial score (nSPS) is 11.0. The summed E-state index contributed by atoms with van der Waals surface area (Å²) in [5.74, 6) is 1.81. The topological polar surface area (TPSA) is 27.1 Å². The molecule has 0 bridgehead atoms. The molecule has 0 unspecified atom stereocenters. The van der Waals surface area contributed by atoms with Crippen LogP contribution in [0.1, 0.15) is 5.56 Å². The van der Waals surface area contributed by atoms with Crippen molar-refractivity contribution in [2.45, 2.75) is 6.54 Å². The maximum atomic E-state index is 5.27. The Hall–Kier alpha value is -2.59. The molecule has 3 nitrogen and oxygen atoms in total. The van der Waals surface area contributed by atoms with Crippen LogP contribution in [0.4, 0.5) is 0 Å². The lowest BCUT2D eigenvalue weighted by molar-refractivity contribution is 0.415. The monoisotopic (exact) mass is 392 g/mol. The molecule has 1 heterocycles. The second-order valence-electron chi connectivity index (χ2n) is 5.87. The van der Waals surface area contributed by atoms with E-state index in [1.807, 2.05) is 18.2 Å². The molecule has 0 atom stereocenters. The molecule has 0 amide bonds. The number of benzene rings is 3. The first-order chi connectivity index (χ1) is 12.2. The van der Waals surface area contributed by atoms with E-state index in [1.165, 1.54) is 5.56 Å². The van der Waals surface area contributed by atoms with E-state index in [2.05, 4.69) is 75.1 Å². The van der Waals surface area contributed by atoms with Crippen LogP contribution in [-0.4, -0.2) is 16.7 Å². The van der Waals surface area contributed by atoms with E-state index >= 15 is 0 Å². The van der Waals surface area contributed by atoms with Gasteiger partial charge in [-0.15, -0.1) is 0 Å². The van der Waals surface area contributed by atoms with Gasteiger partial charge in [-0.1, -0.05) is 40.2 Å². The number of hydrogen-bond donors (Lipinski definition) is 0. The maximum Gasteiger partial charge on any atom is 0.141 e. The standard InChI is InChI=1S/C21H17BrN2O/c1-25-18-12-8-16(9-13-18)21-23-19-4-2-3-5-20(19)24(21)14-15-6-10-17(22)11-7-15/h2-13H,14H2,1H3. The second-order valence-corrected chi connectivity index (χ2v) is 6.78. The van der Waals surface area contributed by atoms with Gasteiger partial charge < -0.3 is 9.30 Å². The highest BCUT2D eigenvalue weighted by molar-refractivity contribution is 9.10. The molecule has 0 aliphatic carbocycles. The lowest BCUT2D eigenvalue weighted by atomic mass is 10.2. The van der Waals surface area contributed by atoms with E-state index in [-0.39, 0.29) is 0 Å². The van der Waals surface area contributed by atoms with Crippen LogP contribution in [0.3, 0.4) is 0 Å². The highest BCUT2D eigenvalue weighted by Gasteiger charge is 2.13. The van der Waals surface area contributed by atoms with Crippen molar-refractivity contribution in [3.63, 3.8) is 0 Å². The molecule has 25 heavy (non-hydrogen) atoms. The van der Waals surface area contributed by atoms with Crippen LogP contribution in [0.25, 0.3) is 22.4 Å². The molecule has 0 saturated heterocycles. The number of rotatable bonds is 4. The molecular weight excluding hydrogens is 376 g/mol. The van der Waals surface area contributed by atoms with Gasteiger partial charge in [-0.2, -0.15) is 0 Å². The van der Waals surface area contributed by atoms with Crippen LogP contribution in [-0.2, 0) is 6.54 Å². The fourth-order valence-corrected chi connectivity index (χ4v) is 3.23. The SMILES string of the molecule is COc1ccc(-c2nc3ccccc3n2Cc2ccc(Br)cc2)cc1. The van der Waals surface area contributed by atoms with E-state index in [4.69, 9.17) is 9.72 Å². The number of fused-ring (bicyclic) bond motifs is 1. The van der Waals surface area contributed by atoms with Gasteiger partial charge in [-0.25, -0.2) is 4.98 Å². The van der Waals surface area contributed by atoms with Gasteiger partial charge >= 0.3 is 0 Å². The van der Waals surface area contributed by atoms with E-state index in [9.17, 15) is 0 Å². The maximum absolute atomic E-state index is 5.27. The van der Waals surface area contributed by atoms with Crippen molar-refractivity contribution in [3.8, 4) is 17.1 Å². The Morgan fingerprint density at radius 2 is 1.64 bits per heavy atom. The number of ether oxygens (including phenoxy) is 1. The molecule has 3 aromatic carbocycles. The highest BCUT2D eigenvalue weighted by atomic mass is 79.9. The molecule has 0 radical (unpaired) electrons. The fourth-order valence-electron chi connectivity index (χ4n) is 2.97. The van der Waals surface area contributed by atoms with Crippen molar-refractivity contribution in [1.29, 1.82) is 0 Å². The van der Waals surface area contributed by atoms with Crippen LogP contribution in [0.15, 0.2) is 77.3 Å². The van der Waals surface area contributed by atoms with Crippen molar-refractivity contribution in [3.05, 3.63) is 82.8 Å². The Morgan fingerprint density at radius 1 is 0.920 bits per heavy atom. The zero-order valence-corrected chi connectivity index (χ0v) is 15.4. The molecule has 0 N–H and O–H groups in total. The predicted octanol–water partition coefficient (Wildman–Crippen LogP) is 5.52. The number of halogens is 1. The van der Waals surface area contributed by atoms with Crippen LogP contribution in [0.2, 0.25) is 0 Å². The van der Waals surface area contributed by atoms with Crippen LogP contribution in [0, 0.1) is 0 Å². The zero-order chi connectivity index (χ0) is 17.2. The number of para-hydroxylation sites is 2. The smallest absolute Gasteiger partial charge is 0.141 e. The van der Waals surface area contributed by atoms with Crippen LogP contribution >= 0.6 is 15.9 Å². The van der Waals surface area contributed by atoms with Gasteiger partial charge in [0, 0.05) is 16.6 Å². The lowest BCUT2D eigenvalue weighted by Gasteiger charge is -2.10. The molecule has 1 aromatic heterocycles. The average Bonchev–Trinajstić information content (AvgIpc) is 3.02. The van der Waals surface area contributed by atoms with Crippen LogP contribution < -0.4 is 4.74 Å². The number of imidazole rings is 1. The second kappa shape index (κ2) is 6.73. The number of aromatic nitrogens is 2. The summed E-state index contributed by atoms with van der Waals surface area (Å²) in [4.78, 5) is 4.87. The van der Waals surface area contributed by atoms with E-state index in [0.717, 1.165) is 39.2 Å². The highest BCUT2D eigenvalue weighted by Crippen LogP contribution is 2.27. The quantitative estimate of drug-likeness (QED) is 0.456. The summed E-state index contributed by atoms with van der Waals surface area (Å²) in [5, 5.41) is 0. The molecule has 4 aromatic rings. The number of methoxy groups -OCH3 is 1. The van der Waals surface area contributed by atoms with Gasteiger partial charge in [0.25, 0.3) is 0 Å². The molecule has 4 heteroatoms. The van der Waals surface area contributed by atoms with Gasteiger partial charge in [0.15, 0.2) is 0 Å². The third kappa shape index (κ3) is 3.17. The van der Waals surface area contributed by atoms with E-state index in [0.29, 0.717) is 0 Å². The molecule has 4 rings (SSSR count). The summed E-state index contributed by atoms with van der Waals surface area (Å²) in [7, 11) is 1.68. The van der Waals surface area contributed by atoms with Crippen molar-refractivity contribution in [2.24, 2.45) is 0 Å². The van der Waals surface area contributed by atoms with Gasteiger partial charge in [0.05, 0.1) is 18.1 Å². The van der Waals surface area contributed by atoms with Crippen molar-refractivity contribution < 1.29 is 4.74 Å². The summed E-state index contributed by atoms with van der Waals surface area (Å²) in [5.41, 5.74) is 4.46. The largest absolute Gasteiger partial charge is 0.497 e. The summed E-state index contributed by atoms with van der Waals surface area (Å²) in [6.45, 7) is 0.773. The van der Waals surface area contributed by atoms with Gasteiger partial charge in [0.1, 0.15) is 11.6 Å². The summed E-state index contributed by atoms with van der Waals surface area (Å²) < 4.78 is 8.62. The lowest BCUT2D eigenvalue weighted by Crippen LogP contribution is -2.02. The van der Waals surface area contributed by atoms with Gasteiger partial charge in [-0.3, -0.25) is 0 Å². The summed E-state index contributed by atoms with van der Waals surface area (Å²) in [6, 6.07) is 24.7. The fraction of sp³-hybridized carbons (Fsp3) is 0.0952. The third-order valence-electron chi connectivity index (χ3n) is 4.26. The first kappa shape index (κ1) is 15.9. The summed E-state index contributed by atoms with van der Waals surface area (Å²) >= 11 is 3.50. The first-order valence-electron chi connectivity index (χ1n) is 8.09. The zero-order valence-electron chi connectivity index (χ0n) is 13.8. The molecule has 0 aliphatic rings. The average molecular weight is 393 g/mol. The van der Waals surface area contributed by atoms with Gasteiger partial charge in [0.2, 0.25) is 0 Å². The minimum absolute atomic E-state index is 0.773. The number of hydrogen-bond acceptors (Lipinski definition) is 2. The molecule has 124 valence electrons. The van der Waals surface area contributed by atoms with Crippen LogP contribution in [0.5, 0.6) is 5.75 Å². The van der Waals surface area contributed by atoms with Crippen molar-refractivity contribution in [1.82, 2.24) is 9.55 Å². The minimum Gasteiger partial charge on any atom is -0.497 e. The molecule has 0 aliphatic heterocycles. The molecule has 0 fully saturated rings. The minimum atomic E-state index is 0.773. The molecule has 0 spiro atoms. The molecular formula is C21H17BrN2O. The van der Waals surface area contributed by atoms with Gasteiger partial charge in [-0.05, 0) is 54.1 Å². The Kier molecular flexibility index (Phi) is 4.28. The Labute approximate surface area is 155 Å². The Morgan fingerprint density at radius 3 is 2.36 bits per heavy atom. The molecule has 0 saturated carbocycles. The van der Waals surface area contributed by atoms with E-state index < -0.39 is 0 Å². The Bertz CT molecular complexity index is 1000. The Balaban J connectivity index is 1.83. The first-order valence-corrected chi connectivity index (χ1v) is 8.88. The van der Waals surface area contributed by atoms with Crippen molar-refractivity contribution in [2.75, 3.05) is 7.11 Å². The summed E-state index contributed by atoms with van der Waals surface area (Å²) in [6.07, 6.45) is 0. The van der Waals surface area contributed by atoms with E-state index in [1.54, 1.807) is 7.11 Å². The predicted molar refractivity (Wildman–Crippen MR) is 105 cm³/mol. The van der Waals surface area contributed by atoms with Crippen molar-refractivity contribution >= 4 is 27.0 Å². The third-order valence-corrected chi connectivity index (χ3v) is 4.79. The number of nitrogens with zero attached hydrogens (tertiary/aromatic N) is 2.